The highest BCUT2D eigenvalue weighted by Crippen LogP contribution is 2.10. The maximum Gasteiger partial charge on any atom is 0.193 e. The van der Waals surface area contributed by atoms with Crippen LogP contribution in [0.15, 0.2) is 66.3 Å². The van der Waals surface area contributed by atoms with Crippen molar-refractivity contribution in [2.75, 3.05) is 5.32 Å². The number of nitrogens with zero attached hydrogens (tertiary/aromatic N) is 4. The van der Waals surface area contributed by atoms with Crippen LogP contribution in [0.1, 0.15) is 11.1 Å². The van der Waals surface area contributed by atoms with Gasteiger partial charge < -0.3 is 11.1 Å². The minimum absolute atomic E-state index is 0.386. The number of nitrogens with two attached hydrogens (primary N) is 1. The number of aliphatic imine (C=N–C) groups is 1. The van der Waals surface area contributed by atoms with Crippen LogP contribution in [0.2, 0.25) is 0 Å². The Balaban J connectivity index is 1.68. The van der Waals surface area contributed by atoms with Gasteiger partial charge >= 0.3 is 0 Å². The fourth-order valence-electron chi connectivity index (χ4n) is 2.18. The van der Waals surface area contributed by atoms with Gasteiger partial charge in [0, 0.05) is 24.3 Å². The molecule has 116 valence electrons. The molecule has 2 aromatic heterocycles. The van der Waals surface area contributed by atoms with Crippen molar-refractivity contribution in [3.05, 3.63) is 72.4 Å². The zero-order chi connectivity index (χ0) is 16.1. The molecule has 0 aliphatic rings. The monoisotopic (exact) mass is 306 g/mol. The summed E-state index contributed by atoms with van der Waals surface area (Å²) in [7, 11) is 0. The first kappa shape index (κ1) is 14.8. The Morgan fingerprint density at radius 1 is 1.26 bits per heavy atom. The molecule has 6 nitrogen and oxygen atoms in total. The summed E-state index contributed by atoms with van der Waals surface area (Å²) >= 11 is 0. The van der Waals surface area contributed by atoms with E-state index in [2.05, 4.69) is 20.3 Å². The zero-order valence-corrected chi connectivity index (χ0v) is 12.8. The molecular formula is C17H18N6. The summed E-state index contributed by atoms with van der Waals surface area (Å²) < 4.78 is 1.85. The molecule has 0 radical (unpaired) electrons. The van der Waals surface area contributed by atoms with Crippen LogP contribution in [0.5, 0.6) is 0 Å². The highest BCUT2D eigenvalue weighted by molar-refractivity contribution is 5.92. The summed E-state index contributed by atoms with van der Waals surface area (Å²) in [5, 5.41) is 3.09. The molecule has 0 atom stereocenters. The van der Waals surface area contributed by atoms with Gasteiger partial charge in [-0.05, 0) is 42.3 Å². The number of imidazole rings is 1. The maximum absolute atomic E-state index is 5.94. The van der Waals surface area contributed by atoms with Gasteiger partial charge in [0.2, 0.25) is 0 Å². The number of hydrogen-bond acceptors (Lipinski definition) is 3. The second kappa shape index (κ2) is 6.74. The molecule has 23 heavy (non-hydrogen) atoms. The minimum Gasteiger partial charge on any atom is -0.370 e. The van der Waals surface area contributed by atoms with Gasteiger partial charge in [0.25, 0.3) is 0 Å². The van der Waals surface area contributed by atoms with Crippen molar-refractivity contribution in [3.8, 4) is 5.82 Å². The molecular weight excluding hydrogens is 288 g/mol. The van der Waals surface area contributed by atoms with Gasteiger partial charge in [-0.1, -0.05) is 12.1 Å². The van der Waals surface area contributed by atoms with Crippen molar-refractivity contribution < 1.29 is 0 Å². The Labute approximate surface area is 134 Å². The summed E-state index contributed by atoms with van der Waals surface area (Å²) in [4.78, 5) is 12.7. The van der Waals surface area contributed by atoms with E-state index in [1.54, 1.807) is 18.7 Å². The van der Waals surface area contributed by atoms with Crippen molar-refractivity contribution in [1.29, 1.82) is 0 Å². The quantitative estimate of drug-likeness (QED) is 0.573. The summed E-state index contributed by atoms with van der Waals surface area (Å²) in [5.74, 6) is 1.19. The van der Waals surface area contributed by atoms with Crippen molar-refractivity contribution >= 4 is 11.6 Å². The summed E-state index contributed by atoms with van der Waals surface area (Å²) in [6.07, 6.45) is 7.03. The lowest BCUT2D eigenvalue weighted by Gasteiger charge is -2.07. The number of nitrogens with one attached hydrogen (secondary N) is 1. The Kier molecular flexibility index (Phi) is 4.33. The molecule has 0 aliphatic carbocycles. The van der Waals surface area contributed by atoms with Gasteiger partial charge in [-0.25, -0.2) is 15.0 Å². The van der Waals surface area contributed by atoms with E-state index in [1.807, 2.05) is 54.1 Å². The van der Waals surface area contributed by atoms with Crippen LogP contribution in [-0.2, 0) is 6.54 Å². The van der Waals surface area contributed by atoms with E-state index >= 15 is 0 Å². The average molecular weight is 306 g/mol. The van der Waals surface area contributed by atoms with E-state index in [0.29, 0.717) is 12.5 Å². The number of aryl methyl sites for hydroxylation is 1. The molecule has 0 aliphatic heterocycles. The molecule has 0 spiro atoms. The van der Waals surface area contributed by atoms with Crippen LogP contribution < -0.4 is 11.1 Å². The smallest absolute Gasteiger partial charge is 0.193 e. The third-order valence-corrected chi connectivity index (χ3v) is 3.30. The summed E-state index contributed by atoms with van der Waals surface area (Å²) in [5.41, 5.74) is 9.07. The second-order valence-corrected chi connectivity index (χ2v) is 5.19. The third kappa shape index (κ3) is 3.94. The van der Waals surface area contributed by atoms with E-state index in [4.69, 9.17) is 5.73 Å². The van der Waals surface area contributed by atoms with Gasteiger partial charge in [0.1, 0.15) is 12.1 Å². The predicted molar refractivity (Wildman–Crippen MR) is 91.5 cm³/mol. The number of pyridine rings is 1. The van der Waals surface area contributed by atoms with Gasteiger partial charge in [0.15, 0.2) is 5.96 Å². The van der Waals surface area contributed by atoms with Crippen LogP contribution in [0.4, 0.5) is 5.69 Å². The normalized spacial score (nSPS) is 11.4. The first-order chi connectivity index (χ1) is 11.2. The lowest BCUT2D eigenvalue weighted by molar-refractivity contribution is 0.968. The van der Waals surface area contributed by atoms with Gasteiger partial charge in [-0.3, -0.25) is 4.57 Å². The van der Waals surface area contributed by atoms with E-state index in [-0.39, 0.29) is 0 Å². The predicted octanol–water partition coefficient (Wildman–Crippen LogP) is 2.50. The highest BCUT2D eigenvalue weighted by atomic mass is 15.1. The molecule has 2 heterocycles. The molecule has 3 rings (SSSR count). The minimum atomic E-state index is 0.386. The van der Waals surface area contributed by atoms with Crippen molar-refractivity contribution in [1.82, 2.24) is 14.5 Å². The van der Waals surface area contributed by atoms with E-state index in [0.717, 1.165) is 17.1 Å². The number of hydrogen-bond donors (Lipinski definition) is 2. The van der Waals surface area contributed by atoms with E-state index in [9.17, 15) is 0 Å². The fraction of sp³-hybridized carbons (Fsp3) is 0.118. The Morgan fingerprint density at radius 2 is 2.17 bits per heavy atom. The largest absolute Gasteiger partial charge is 0.370 e. The van der Waals surface area contributed by atoms with E-state index < -0.39 is 0 Å². The molecule has 0 bridgehead atoms. The standard InChI is InChI=1S/C17H18N6/c1-13-3-2-4-15(9-13)22-17(18)21-11-14-5-6-20-16(10-14)23-8-7-19-12-23/h2-10,12H,11H2,1H3,(H3,18,21,22). The lowest BCUT2D eigenvalue weighted by atomic mass is 10.2. The van der Waals surface area contributed by atoms with Crippen LogP contribution >= 0.6 is 0 Å². The zero-order valence-electron chi connectivity index (χ0n) is 12.8. The Bertz CT molecular complexity index is 807. The number of rotatable bonds is 4. The number of benzene rings is 1. The highest BCUT2D eigenvalue weighted by Gasteiger charge is 2.00. The molecule has 3 aromatic rings. The van der Waals surface area contributed by atoms with Crippen molar-refractivity contribution in [2.45, 2.75) is 13.5 Å². The number of aromatic nitrogens is 3. The van der Waals surface area contributed by atoms with Crippen LogP contribution in [0, 0.1) is 6.92 Å². The van der Waals surface area contributed by atoms with Crippen LogP contribution in [0.25, 0.3) is 5.82 Å². The molecule has 6 heteroatoms. The molecule has 0 saturated heterocycles. The van der Waals surface area contributed by atoms with Crippen molar-refractivity contribution in [2.24, 2.45) is 10.7 Å². The molecule has 0 fully saturated rings. The first-order valence-corrected chi connectivity index (χ1v) is 7.27. The summed E-state index contributed by atoms with van der Waals surface area (Å²) in [6.45, 7) is 2.52. The van der Waals surface area contributed by atoms with Crippen molar-refractivity contribution in [3.63, 3.8) is 0 Å². The first-order valence-electron chi connectivity index (χ1n) is 7.27. The molecule has 1 aromatic carbocycles. The maximum atomic E-state index is 5.94. The van der Waals surface area contributed by atoms with Gasteiger partial charge in [-0.15, -0.1) is 0 Å². The van der Waals surface area contributed by atoms with Gasteiger partial charge in [-0.2, -0.15) is 0 Å². The van der Waals surface area contributed by atoms with Crippen LogP contribution in [0.3, 0.4) is 0 Å². The second-order valence-electron chi connectivity index (χ2n) is 5.19. The number of anilines is 1. The Hall–Kier alpha value is -3.15. The van der Waals surface area contributed by atoms with Gasteiger partial charge in [0.05, 0.1) is 6.54 Å². The number of guanidine groups is 1. The lowest BCUT2D eigenvalue weighted by Crippen LogP contribution is -2.22. The molecule has 0 amide bonds. The van der Waals surface area contributed by atoms with Crippen LogP contribution in [-0.4, -0.2) is 20.5 Å². The SMILES string of the molecule is Cc1cccc(NC(N)=NCc2ccnc(-n3ccnc3)c2)c1. The fourth-order valence-corrected chi connectivity index (χ4v) is 2.18. The topological polar surface area (TPSA) is 81.1 Å². The average Bonchev–Trinajstić information content (AvgIpc) is 3.08. The summed E-state index contributed by atoms with van der Waals surface area (Å²) in [6, 6.07) is 11.9. The third-order valence-electron chi connectivity index (χ3n) is 3.30. The molecule has 3 N–H and O–H groups in total. The molecule has 0 saturated carbocycles. The van der Waals surface area contributed by atoms with E-state index in [1.165, 1.54) is 5.56 Å². The Morgan fingerprint density at radius 3 is 2.96 bits per heavy atom. The molecule has 0 unspecified atom stereocenters.